The van der Waals surface area contributed by atoms with Crippen molar-refractivity contribution in [3.63, 3.8) is 0 Å². The van der Waals surface area contributed by atoms with Crippen LogP contribution in [0.2, 0.25) is 0 Å². The van der Waals surface area contributed by atoms with Gasteiger partial charge in [-0.1, -0.05) is 6.07 Å². The lowest BCUT2D eigenvalue weighted by Crippen LogP contribution is -2.08. The van der Waals surface area contributed by atoms with Crippen molar-refractivity contribution in [1.82, 2.24) is 0 Å². The van der Waals surface area contributed by atoms with Gasteiger partial charge in [0.1, 0.15) is 5.75 Å². The predicted molar refractivity (Wildman–Crippen MR) is 45.1 cm³/mol. The molecule has 1 aliphatic rings. The van der Waals surface area contributed by atoms with E-state index in [-0.39, 0.29) is 11.7 Å². The van der Waals surface area contributed by atoms with E-state index in [9.17, 15) is 13.2 Å². The van der Waals surface area contributed by atoms with Crippen molar-refractivity contribution in [3.05, 3.63) is 29.3 Å². The molecule has 2 rings (SSSR count). The Morgan fingerprint density at radius 3 is 2.36 bits per heavy atom. The third-order valence-corrected chi connectivity index (χ3v) is 2.36. The molecule has 4 heteroatoms. The second-order valence-corrected chi connectivity index (χ2v) is 3.54. The smallest absolute Gasteiger partial charge is 0.416 e. The molecule has 0 aliphatic heterocycles. The first-order valence-corrected chi connectivity index (χ1v) is 4.38. The summed E-state index contributed by atoms with van der Waals surface area (Å²) in [7, 11) is 0. The Kier molecular flexibility index (Phi) is 1.94. The van der Waals surface area contributed by atoms with Crippen molar-refractivity contribution in [2.75, 3.05) is 0 Å². The summed E-state index contributed by atoms with van der Waals surface area (Å²) in [6.45, 7) is 0. The molecule has 76 valence electrons. The Morgan fingerprint density at radius 2 is 1.86 bits per heavy atom. The SMILES string of the molecule is Oc1ccc(C2CC2)c(C(F)(F)F)c1. The zero-order chi connectivity index (χ0) is 10.3. The Hall–Kier alpha value is -1.19. The Labute approximate surface area is 79.2 Å². The number of halogens is 3. The van der Waals surface area contributed by atoms with E-state index in [1.165, 1.54) is 12.1 Å². The molecule has 1 saturated carbocycles. The minimum absolute atomic E-state index is 0.0345. The Morgan fingerprint density at radius 1 is 1.21 bits per heavy atom. The maximum atomic E-state index is 12.5. The van der Waals surface area contributed by atoms with Crippen LogP contribution in [0, 0.1) is 0 Å². The summed E-state index contributed by atoms with van der Waals surface area (Å²) < 4.78 is 37.5. The van der Waals surface area contributed by atoms with E-state index in [0.29, 0.717) is 5.56 Å². The summed E-state index contributed by atoms with van der Waals surface area (Å²) in [6.07, 6.45) is -2.74. The molecular weight excluding hydrogens is 193 g/mol. The van der Waals surface area contributed by atoms with E-state index in [1.54, 1.807) is 0 Å². The molecule has 0 saturated heterocycles. The van der Waals surface area contributed by atoms with E-state index < -0.39 is 11.7 Å². The number of aromatic hydroxyl groups is 1. The minimum atomic E-state index is -4.36. The van der Waals surface area contributed by atoms with Gasteiger partial charge in [0.05, 0.1) is 5.56 Å². The van der Waals surface area contributed by atoms with Gasteiger partial charge in [-0.25, -0.2) is 0 Å². The molecule has 1 aliphatic carbocycles. The summed E-state index contributed by atoms with van der Waals surface area (Å²) in [5.74, 6) is -0.297. The lowest BCUT2D eigenvalue weighted by molar-refractivity contribution is -0.138. The topological polar surface area (TPSA) is 20.2 Å². The molecule has 1 aromatic rings. The normalized spacial score (nSPS) is 17.1. The Balaban J connectivity index is 2.48. The van der Waals surface area contributed by atoms with E-state index >= 15 is 0 Å². The maximum Gasteiger partial charge on any atom is 0.416 e. The molecule has 1 aromatic carbocycles. The van der Waals surface area contributed by atoms with Crippen LogP contribution in [-0.4, -0.2) is 5.11 Å². The highest BCUT2D eigenvalue weighted by molar-refractivity contribution is 5.40. The summed E-state index contributed by atoms with van der Waals surface area (Å²) in [5.41, 5.74) is -0.379. The van der Waals surface area contributed by atoms with Gasteiger partial charge in [0.15, 0.2) is 0 Å². The van der Waals surface area contributed by atoms with Crippen LogP contribution in [-0.2, 0) is 6.18 Å². The zero-order valence-corrected chi connectivity index (χ0v) is 7.30. The van der Waals surface area contributed by atoms with Gasteiger partial charge in [-0.2, -0.15) is 13.2 Å². The number of benzene rings is 1. The first-order valence-electron chi connectivity index (χ1n) is 4.38. The second kappa shape index (κ2) is 2.90. The fraction of sp³-hybridized carbons (Fsp3) is 0.400. The number of hydrogen-bond donors (Lipinski definition) is 1. The maximum absolute atomic E-state index is 12.5. The van der Waals surface area contributed by atoms with Gasteiger partial charge in [0.2, 0.25) is 0 Å². The van der Waals surface area contributed by atoms with Crippen LogP contribution in [0.5, 0.6) is 5.75 Å². The van der Waals surface area contributed by atoms with Gasteiger partial charge in [0.25, 0.3) is 0 Å². The molecule has 0 heterocycles. The molecular formula is C10H9F3O. The van der Waals surface area contributed by atoms with Crippen LogP contribution in [0.4, 0.5) is 13.2 Å². The molecule has 0 amide bonds. The van der Waals surface area contributed by atoms with Crippen LogP contribution < -0.4 is 0 Å². The second-order valence-electron chi connectivity index (χ2n) is 3.54. The van der Waals surface area contributed by atoms with Crippen LogP contribution in [0.25, 0.3) is 0 Å². The third-order valence-electron chi connectivity index (χ3n) is 2.36. The molecule has 1 fully saturated rings. The summed E-state index contributed by atoms with van der Waals surface area (Å²) in [4.78, 5) is 0. The van der Waals surface area contributed by atoms with E-state index in [2.05, 4.69) is 0 Å². The molecule has 0 bridgehead atoms. The van der Waals surface area contributed by atoms with Gasteiger partial charge >= 0.3 is 6.18 Å². The largest absolute Gasteiger partial charge is 0.508 e. The molecule has 1 N–H and O–H groups in total. The van der Waals surface area contributed by atoms with E-state index in [0.717, 1.165) is 18.9 Å². The van der Waals surface area contributed by atoms with Crippen molar-refractivity contribution in [2.24, 2.45) is 0 Å². The molecule has 0 radical (unpaired) electrons. The van der Waals surface area contributed by atoms with Crippen LogP contribution >= 0.6 is 0 Å². The summed E-state index contributed by atoms with van der Waals surface area (Å²) in [5, 5.41) is 9.00. The number of hydrogen-bond acceptors (Lipinski definition) is 1. The van der Waals surface area contributed by atoms with Crippen molar-refractivity contribution in [2.45, 2.75) is 24.9 Å². The zero-order valence-electron chi connectivity index (χ0n) is 7.30. The van der Waals surface area contributed by atoms with E-state index in [4.69, 9.17) is 5.11 Å². The first kappa shape index (κ1) is 9.37. The average molecular weight is 202 g/mol. The van der Waals surface area contributed by atoms with Gasteiger partial charge in [-0.3, -0.25) is 0 Å². The predicted octanol–water partition coefficient (Wildman–Crippen LogP) is 3.29. The van der Waals surface area contributed by atoms with Crippen LogP contribution in [0.3, 0.4) is 0 Å². The molecule has 1 nitrogen and oxygen atoms in total. The average Bonchev–Trinajstić information content (AvgIpc) is 2.85. The molecule has 0 unspecified atom stereocenters. The van der Waals surface area contributed by atoms with Crippen LogP contribution in [0.15, 0.2) is 18.2 Å². The number of phenols is 1. The lowest BCUT2D eigenvalue weighted by atomic mass is 10.0. The van der Waals surface area contributed by atoms with Gasteiger partial charge in [-0.05, 0) is 36.5 Å². The third kappa shape index (κ3) is 1.69. The molecule has 0 aromatic heterocycles. The highest BCUT2D eigenvalue weighted by atomic mass is 19.4. The summed E-state index contributed by atoms with van der Waals surface area (Å²) in [6, 6.07) is 3.48. The number of rotatable bonds is 1. The highest BCUT2D eigenvalue weighted by Gasteiger charge is 2.38. The summed E-state index contributed by atoms with van der Waals surface area (Å²) >= 11 is 0. The quantitative estimate of drug-likeness (QED) is 0.740. The van der Waals surface area contributed by atoms with Gasteiger partial charge < -0.3 is 5.11 Å². The molecule has 0 atom stereocenters. The van der Waals surface area contributed by atoms with Crippen molar-refractivity contribution in [3.8, 4) is 5.75 Å². The number of alkyl halides is 3. The number of phenolic OH excluding ortho intramolecular Hbond substituents is 1. The van der Waals surface area contributed by atoms with Crippen molar-refractivity contribution in [1.29, 1.82) is 0 Å². The minimum Gasteiger partial charge on any atom is -0.508 e. The van der Waals surface area contributed by atoms with Crippen molar-refractivity contribution < 1.29 is 18.3 Å². The standard InChI is InChI=1S/C10H9F3O/c11-10(12,13)9-5-7(14)3-4-8(9)6-1-2-6/h3-6,14H,1-2H2. The lowest BCUT2D eigenvalue weighted by Gasteiger charge is -2.12. The molecule has 0 spiro atoms. The first-order chi connectivity index (χ1) is 6.48. The van der Waals surface area contributed by atoms with Crippen molar-refractivity contribution >= 4 is 0 Å². The fourth-order valence-corrected chi connectivity index (χ4v) is 1.54. The monoisotopic (exact) mass is 202 g/mol. The van der Waals surface area contributed by atoms with Gasteiger partial charge in [-0.15, -0.1) is 0 Å². The van der Waals surface area contributed by atoms with E-state index in [1.807, 2.05) is 0 Å². The van der Waals surface area contributed by atoms with Gasteiger partial charge in [0, 0.05) is 0 Å². The fourth-order valence-electron chi connectivity index (χ4n) is 1.54. The highest BCUT2D eigenvalue weighted by Crippen LogP contribution is 2.46. The van der Waals surface area contributed by atoms with Crippen LogP contribution in [0.1, 0.15) is 29.9 Å². The Bertz CT molecular complexity index is 353. The molecule has 14 heavy (non-hydrogen) atoms.